The van der Waals surface area contributed by atoms with E-state index in [9.17, 15) is 5.11 Å². The predicted molar refractivity (Wildman–Crippen MR) is 74.4 cm³/mol. The van der Waals surface area contributed by atoms with Crippen LogP contribution < -0.4 is 0 Å². The lowest BCUT2D eigenvalue weighted by Crippen LogP contribution is -2.19. The molecule has 2 unspecified atom stereocenters. The first-order valence-corrected chi connectivity index (χ1v) is 7.23. The van der Waals surface area contributed by atoms with Gasteiger partial charge in [-0.15, -0.1) is 11.3 Å². The zero-order valence-corrected chi connectivity index (χ0v) is 12.5. The molecular formula is C14H25NOS. The second-order valence-corrected chi connectivity index (χ2v) is 7.38. The van der Waals surface area contributed by atoms with Crippen molar-refractivity contribution in [3.05, 3.63) is 16.1 Å². The summed E-state index contributed by atoms with van der Waals surface area (Å²) in [6, 6.07) is 0. The van der Waals surface area contributed by atoms with Gasteiger partial charge in [-0.2, -0.15) is 0 Å². The molecule has 0 aliphatic rings. The lowest BCUT2D eigenvalue weighted by atomic mass is 9.83. The van der Waals surface area contributed by atoms with Crippen LogP contribution in [0.25, 0.3) is 0 Å². The van der Waals surface area contributed by atoms with Crippen molar-refractivity contribution in [3.63, 3.8) is 0 Å². The van der Waals surface area contributed by atoms with Crippen molar-refractivity contribution >= 4 is 11.3 Å². The Balaban J connectivity index is 2.36. The highest BCUT2D eigenvalue weighted by atomic mass is 32.1. The number of hydrogen-bond donors (Lipinski definition) is 1. The van der Waals surface area contributed by atoms with E-state index in [2.05, 4.69) is 32.7 Å². The molecule has 0 aliphatic carbocycles. The van der Waals surface area contributed by atoms with Gasteiger partial charge in [-0.3, -0.25) is 0 Å². The summed E-state index contributed by atoms with van der Waals surface area (Å²) in [7, 11) is 0. The van der Waals surface area contributed by atoms with Crippen LogP contribution in [0.5, 0.6) is 0 Å². The van der Waals surface area contributed by atoms with E-state index in [0.717, 1.165) is 23.5 Å². The molecular weight excluding hydrogens is 230 g/mol. The number of thiazole rings is 1. The van der Waals surface area contributed by atoms with Gasteiger partial charge < -0.3 is 5.11 Å². The summed E-state index contributed by atoms with van der Waals surface area (Å²) in [6.45, 7) is 11.0. The molecule has 0 saturated carbocycles. The molecule has 1 rings (SSSR count). The Morgan fingerprint density at radius 3 is 2.53 bits per heavy atom. The van der Waals surface area contributed by atoms with Crippen LogP contribution in [0.15, 0.2) is 5.38 Å². The average molecular weight is 255 g/mol. The van der Waals surface area contributed by atoms with E-state index in [1.54, 1.807) is 11.3 Å². The van der Waals surface area contributed by atoms with E-state index < -0.39 is 0 Å². The molecule has 0 bridgehead atoms. The van der Waals surface area contributed by atoms with Gasteiger partial charge in [0.05, 0.1) is 16.8 Å². The van der Waals surface area contributed by atoms with Gasteiger partial charge in [0.25, 0.3) is 0 Å². The third-order valence-electron chi connectivity index (χ3n) is 2.75. The first-order chi connectivity index (χ1) is 7.76. The topological polar surface area (TPSA) is 33.1 Å². The van der Waals surface area contributed by atoms with Gasteiger partial charge in [0.2, 0.25) is 0 Å². The molecule has 0 amide bonds. The van der Waals surface area contributed by atoms with E-state index in [-0.39, 0.29) is 6.10 Å². The van der Waals surface area contributed by atoms with Gasteiger partial charge >= 0.3 is 0 Å². The first-order valence-electron chi connectivity index (χ1n) is 6.35. The smallest absolute Gasteiger partial charge is 0.0897 e. The minimum absolute atomic E-state index is 0.256. The highest BCUT2D eigenvalue weighted by molar-refractivity contribution is 7.09. The Hall–Kier alpha value is -0.410. The molecule has 1 aromatic heterocycles. The maximum atomic E-state index is 10.0. The van der Waals surface area contributed by atoms with Crippen LogP contribution in [-0.2, 0) is 6.42 Å². The SMILES string of the molecule is Cc1nc(CC(O)CC(C)CC(C)(C)C)cs1. The fourth-order valence-corrected chi connectivity index (χ4v) is 3.05. The summed E-state index contributed by atoms with van der Waals surface area (Å²) in [4.78, 5) is 4.39. The zero-order chi connectivity index (χ0) is 13.1. The predicted octanol–water partition coefficient (Wildman–Crippen LogP) is 3.82. The van der Waals surface area contributed by atoms with Gasteiger partial charge in [0.1, 0.15) is 0 Å². The van der Waals surface area contributed by atoms with Crippen molar-refractivity contribution < 1.29 is 5.11 Å². The lowest BCUT2D eigenvalue weighted by molar-refractivity contribution is 0.132. The van der Waals surface area contributed by atoms with Gasteiger partial charge in [0, 0.05) is 11.8 Å². The molecule has 98 valence electrons. The summed E-state index contributed by atoms with van der Waals surface area (Å²) in [5, 5.41) is 13.2. The number of rotatable bonds is 5. The molecule has 0 fully saturated rings. The Kier molecular flexibility index (Phi) is 5.14. The number of aromatic nitrogens is 1. The van der Waals surface area contributed by atoms with Crippen LogP contribution in [0, 0.1) is 18.3 Å². The monoisotopic (exact) mass is 255 g/mol. The molecule has 0 aliphatic heterocycles. The molecule has 17 heavy (non-hydrogen) atoms. The van der Waals surface area contributed by atoms with E-state index in [4.69, 9.17) is 0 Å². The van der Waals surface area contributed by atoms with Crippen molar-refractivity contribution in [2.24, 2.45) is 11.3 Å². The van der Waals surface area contributed by atoms with Crippen molar-refractivity contribution in [2.75, 3.05) is 0 Å². The molecule has 2 atom stereocenters. The molecule has 0 radical (unpaired) electrons. The van der Waals surface area contributed by atoms with Gasteiger partial charge in [-0.1, -0.05) is 27.7 Å². The summed E-state index contributed by atoms with van der Waals surface area (Å²) in [5.41, 5.74) is 1.37. The maximum Gasteiger partial charge on any atom is 0.0897 e. The van der Waals surface area contributed by atoms with Crippen LogP contribution in [0.1, 0.15) is 51.2 Å². The molecule has 0 spiro atoms. The third-order valence-corrected chi connectivity index (χ3v) is 3.57. The van der Waals surface area contributed by atoms with Crippen LogP contribution in [0.2, 0.25) is 0 Å². The highest BCUT2D eigenvalue weighted by Gasteiger charge is 2.18. The standard InChI is InChI=1S/C14H25NOS/c1-10(8-14(3,4)5)6-13(16)7-12-9-17-11(2)15-12/h9-10,13,16H,6-8H2,1-5H3. The van der Waals surface area contributed by atoms with E-state index in [0.29, 0.717) is 17.8 Å². The summed E-state index contributed by atoms with van der Waals surface area (Å²) >= 11 is 1.65. The van der Waals surface area contributed by atoms with Crippen molar-refractivity contribution in [2.45, 2.75) is 60.0 Å². The van der Waals surface area contributed by atoms with Crippen LogP contribution in [0.4, 0.5) is 0 Å². The Morgan fingerprint density at radius 1 is 1.41 bits per heavy atom. The van der Waals surface area contributed by atoms with E-state index >= 15 is 0 Å². The molecule has 0 aromatic carbocycles. The van der Waals surface area contributed by atoms with E-state index in [1.807, 2.05) is 12.3 Å². The fourth-order valence-electron chi connectivity index (χ4n) is 2.42. The Labute approximate surface area is 109 Å². The molecule has 1 heterocycles. The molecule has 1 aromatic rings. The average Bonchev–Trinajstić information content (AvgIpc) is 2.46. The Morgan fingerprint density at radius 2 is 2.06 bits per heavy atom. The summed E-state index contributed by atoms with van der Waals surface area (Å²) in [6.07, 6.45) is 2.46. The molecule has 3 heteroatoms. The van der Waals surface area contributed by atoms with Crippen molar-refractivity contribution in [3.8, 4) is 0 Å². The minimum atomic E-state index is -0.256. The minimum Gasteiger partial charge on any atom is -0.393 e. The van der Waals surface area contributed by atoms with Gasteiger partial charge in [-0.25, -0.2) is 4.98 Å². The van der Waals surface area contributed by atoms with Crippen molar-refractivity contribution in [1.82, 2.24) is 4.98 Å². The van der Waals surface area contributed by atoms with Gasteiger partial charge in [-0.05, 0) is 31.1 Å². The Bertz CT molecular complexity index is 340. The molecule has 2 nitrogen and oxygen atoms in total. The maximum absolute atomic E-state index is 10.0. The largest absolute Gasteiger partial charge is 0.393 e. The van der Waals surface area contributed by atoms with Crippen LogP contribution in [-0.4, -0.2) is 16.2 Å². The highest BCUT2D eigenvalue weighted by Crippen LogP contribution is 2.27. The number of nitrogens with zero attached hydrogens (tertiary/aromatic N) is 1. The number of aliphatic hydroxyl groups is 1. The second-order valence-electron chi connectivity index (χ2n) is 6.32. The molecule has 1 N–H and O–H groups in total. The first kappa shape index (κ1) is 14.7. The molecule has 0 saturated heterocycles. The van der Waals surface area contributed by atoms with Crippen molar-refractivity contribution in [1.29, 1.82) is 0 Å². The normalized spacial score (nSPS) is 15.9. The number of aryl methyl sites for hydroxylation is 1. The second kappa shape index (κ2) is 5.96. The number of aliphatic hydroxyl groups excluding tert-OH is 1. The van der Waals surface area contributed by atoms with Gasteiger partial charge in [0.15, 0.2) is 0 Å². The van der Waals surface area contributed by atoms with Crippen LogP contribution >= 0.6 is 11.3 Å². The third kappa shape index (κ3) is 6.18. The number of hydrogen-bond acceptors (Lipinski definition) is 3. The van der Waals surface area contributed by atoms with Crippen LogP contribution in [0.3, 0.4) is 0 Å². The summed E-state index contributed by atoms with van der Waals surface area (Å²) < 4.78 is 0. The van der Waals surface area contributed by atoms with E-state index in [1.165, 1.54) is 0 Å². The zero-order valence-electron chi connectivity index (χ0n) is 11.7. The quantitative estimate of drug-likeness (QED) is 0.867. The lowest BCUT2D eigenvalue weighted by Gasteiger charge is -2.24. The fraction of sp³-hybridized carbons (Fsp3) is 0.786. The summed E-state index contributed by atoms with van der Waals surface area (Å²) in [5.74, 6) is 0.560.